The molecule has 1 atom stereocenters. The summed E-state index contributed by atoms with van der Waals surface area (Å²) in [6, 6.07) is 4.12. The van der Waals surface area contributed by atoms with E-state index in [4.69, 9.17) is 0 Å². The predicted molar refractivity (Wildman–Crippen MR) is 122 cm³/mol. The molecule has 1 aromatic heterocycles. The average molecular weight is 479 g/mol. The molecule has 172 valence electrons. The summed E-state index contributed by atoms with van der Waals surface area (Å²) < 4.78 is 37.7. The summed E-state index contributed by atoms with van der Waals surface area (Å²) in [6.45, 7) is 2.26. The summed E-state index contributed by atoms with van der Waals surface area (Å²) >= 11 is 1.61. The van der Waals surface area contributed by atoms with Crippen LogP contribution in [0.4, 0.5) is 10.3 Å². The Morgan fingerprint density at radius 3 is 2.41 bits per heavy atom. The Balaban J connectivity index is 1.35. The van der Waals surface area contributed by atoms with Gasteiger partial charge in [0.25, 0.3) is 0 Å². The molecule has 1 amide bonds. The predicted octanol–water partition coefficient (Wildman–Crippen LogP) is 2.80. The Kier molecular flexibility index (Phi) is 6.71. The first-order valence-corrected chi connectivity index (χ1v) is 13.8. The number of carbonyl (C=O) groups is 1. The number of aromatic nitrogens is 2. The standard InChI is InChI=1S/C22H27FN4O3S2/c1-31-18-13-24-22(25-14-18)26-8-6-17(7-9-26)27-10-5-16(21(27)28)11-15-3-4-19(12-20(15)23)32(2,29)30/h3-4,12-14,16-17H,5-11H2,1-2H3/t16-/m1/s1. The van der Waals surface area contributed by atoms with Gasteiger partial charge in [-0.2, -0.15) is 0 Å². The van der Waals surface area contributed by atoms with Crippen LogP contribution < -0.4 is 4.90 Å². The van der Waals surface area contributed by atoms with Gasteiger partial charge in [-0.3, -0.25) is 4.79 Å². The third-order valence-corrected chi connectivity index (χ3v) is 8.10. The van der Waals surface area contributed by atoms with E-state index in [1.807, 2.05) is 23.5 Å². The fourth-order valence-electron chi connectivity index (χ4n) is 4.46. The number of sulfone groups is 1. The van der Waals surface area contributed by atoms with Gasteiger partial charge in [-0.15, -0.1) is 11.8 Å². The first-order valence-electron chi connectivity index (χ1n) is 10.7. The molecular weight excluding hydrogens is 451 g/mol. The van der Waals surface area contributed by atoms with Gasteiger partial charge in [0, 0.05) is 55.1 Å². The Morgan fingerprint density at radius 1 is 1.12 bits per heavy atom. The van der Waals surface area contributed by atoms with Gasteiger partial charge < -0.3 is 9.80 Å². The van der Waals surface area contributed by atoms with Crippen molar-refractivity contribution in [3.8, 4) is 0 Å². The second kappa shape index (κ2) is 9.35. The van der Waals surface area contributed by atoms with Gasteiger partial charge >= 0.3 is 0 Å². The van der Waals surface area contributed by atoms with Gasteiger partial charge in [0.2, 0.25) is 11.9 Å². The van der Waals surface area contributed by atoms with Crippen LogP contribution in [-0.4, -0.2) is 67.4 Å². The Bertz CT molecular complexity index is 1090. The van der Waals surface area contributed by atoms with Crippen molar-refractivity contribution in [1.82, 2.24) is 14.9 Å². The van der Waals surface area contributed by atoms with Gasteiger partial charge in [0.15, 0.2) is 9.84 Å². The van der Waals surface area contributed by atoms with E-state index in [0.29, 0.717) is 24.9 Å². The van der Waals surface area contributed by atoms with Crippen LogP contribution in [0, 0.1) is 11.7 Å². The third kappa shape index (κ3) is 4.91. The quantitative estimate of drug-likeness (QED) is 0.591. The Morgan fingerprint density at radius 2 is 1.81 bits per heavy atom. The minimum Gasteiger partial charge on any atom is -0.341 e. The smallest absolute Gasteiger partial charge is 0.226 e. The van der Waals surface area contributed by atoms with Gasteiger partial charge in [-0.1, -0.05) is 6.07 Å². The highest BCUT2D eigenvalue weighted by molar-refractivity contribution is 7.98. The van der Waals surface area contributed by atoms with Crippen molar-refractivity contribution in [1.29, 1.82) is 0 Å². The molecule has 0 bridgehead atoms. The Labute approximate surface area is 192 Å². The molecule has 0 unspecified atom stereocenters. The number of benzene rings is 1. The lowest BCUT2D eigenvalue weighted by atomic mass is 9.97. The second-order valence-corrected chi connectivity index (χ2v) is 11.3. The first kappa shape index (κ1) is 23.0. The van der Waals surface area contributed by atoms with E-state index < -0.39 is 15.7 Å². The fourth-order valence-corrected chi connectivity index (χ4v) is 5.41. The van der Waals surface area contributed by atoms with E-state index in [0.717, 1.165) is 49.1 Å². The van der Waals surface area contributed by atoms with Crippen molar-refractivity contribution in [3.63, 3.8) is 0 Å². The highest BCUT2D eigenvalue weighted by Gasteiger charge is 2.37. The van der Waals surface area contributed by atoms with Crippen LogP contribution in [0.1, 0.15) is 24.8 Å². The van der Waals surface area contributed by atoms with E-state index in [-0.39, 0.29) is 22.8 Å². The summed E-state index contributed by atoms with van der Waals surface area (Å²) in [7, 11) is -3.46. The van der Waals surface area contributed by atoms with Crippen LogP contribution in [0.25, 0.3) is 0 Å². The van der Waals surface area contributed by atoms with Crippen molar-refractivity contribution >= 4 is 33.5 Å². The molecule has 3 heterocycles. The Hall–Kier alpha value is -2.20. The maximum Gasteiger partial charge on any atom is 0.226 e. The van der Waals surface area contributed by atoms with Crippen LogP contribution in [0.15, 0.2) is 40.4 Å². The number of thioether (sulfide) groups is 1. The molecule has 0 N–H and O–H groups in total. The molecule has 4 rings (SSSR count). The van der Waals surface area contributed by atoms with Gasteiger partial charge in [-0.25, -0.2) is 22.8 Å². The first-order chi connectivity index (χ1) is 15.3. The van der Waals surface area contributed by atoms with Crippen LogP contribution in [0.5, 0.6) is 0 Å². The van der Waals surface area contributed by atoms with Crippen molar-refractivity contribution in [3.05, 3.63) is 42.0 Å². The fraction of sp³-hybridized carbons (Fsp3) is 0.500. The highest BCUT2D eigenvalue weighted by Crippen LogP contribution is 2.30. The molecule has 0 spiro atoms. The molecule has 0 saturated carbocycles. The molecule has 7 nitrogen and oxygen atoms in total. The lowest BCUT2D eigenvalue weighted by Gasteiger charge is -2.36. The van der Waals surface area contributed by atoms with E-state index in [1.165, 1.54) is 12.1 Å². The molecule has 2 aliphatic rings. The summed E-state index contributed by atoms with van der Waals surface area (Å²) in [5, 5.41) is 0. The second-order valence-electron chi connectivity index (χ2n) is 8.39. The molecule has 0 aliphatic carbocycles. The molecule has 2 aliphatic heterocycles. The maximum atomic E-state index is 14.5. The number of piperidine rings is 1. The normalized spacial score (nSPS) is 20.2. The van der Waals surface area contributed by atoms with E-state index in [1.54, 1.807) is 11.8 Å². The van der Waals surface area contributed by atoms with Gasteiger partial charge in [-0.05, 0) is 49.6 Å². The number of likely N-dealkylation sites (tertiary alicyclic amines) is 1. The van der Waals surface area contributed by atoms with E-state index in [2.05, 4.69) is 14.9 Å². The summed E-state index contributed by atoms with van der Waals surface area (Å²) in [6.07, 6.45) is 9.38. The van der Waals surface area contributed by atoms with Crippen LogP contribution in [0.2, 0.25) is 0 Å². The zero-order valence-electron chi connectivity index (χ0n) is 18.2. The zero-order chi connectivity index (χ0) is 22.9. The SMILES string of the molecule is CSc1cnc(N2CCC(N3CC[C@H](Cc4ccc(S(C)(=O)=O)cc4F)C3=O)CC2)nc1. The number of hydrogen-bond donors (Lipinski definition) is 0. The summed E-state index contributed by atoms with van der Waals surface area (Å²) in [4.78, 5) is 27.0. The molecule has 2 aromatic rings. The molecule has 32 heavy (non-hydrogen) atoms. The van der Waals surface area contributed by atoms with Crippen molar-refractivity contribution in [2.75, 3.05) is 37.0 Å². The maximum absolute atomic E-state index is 14.5. The number of amides is 1. The van der Waals surface area contributed by atoms with Gasteiger partial charge in [0.1, 0.15) is 5.82 Å². The summed E-state index contributed by atoms with van der Waals surface area (Å²) in [5.74, 6) is -0.0514. The van der Waals surface area contributed by atoms with E-state index >= 15 is 0 Å². The van der Waals surface area contributed by atoms with E-state index in [9.17, 15) is 17.6 Å². The third-order valence-electron chi connectivity index (χ3n) is 6.31. The van der Waals surface area contributed by atoms with Gasteiger partial charge in [0.05, 0.1) is 4.90 Å². The van der Waals surface area contributed by atoms with Crippen LogP contribution in [-0.2, 0) is 21.1 Å². The number of anilines is 1. The number of nitrogens with zero attached hydrogens (tertiary/aromatic N) is 4. The van der Waals surface area contributed by atoms with Crippen LogP contribution >= 0.6 is 11.8 Å². The minimum absolute atomic E-state index is 0.0445. The number of hydrogen-bond acceptors (Lipinski definition) is 7. The molecule has 2 fully saturated rings. The molecular formula is C22H27FN4O3S2. The number of rotatable bonds is 6. The summed E-state index contributed by atoms with van der Waals surface area (Å²) in [5.41, 5.74) is 0.387. The topological polar surface area (TPSA) is 83.5 Å². The number of halogens is 1. The average Bonchev–Trinajstić information content (AvgIpc) is 3.14. The highest BCUT2D eigenvalue weighted by atomic mass is 32.2. The molecule has 1 aromatic carbocycles. The molecule has 2 saturated heterocycles. The molecule has 10 heteroatoms. The lowest BCUT2D eigenvalue weighted by molar-refractivity contribution is -0.133. The van der Waals surface area contributed by atoms with Crippen molar-refractivity contribution < 1.29 is 17.6 Å². The zero-order valence-corrected chi connectivity index (χ0v) is 19.8. The van der Waals surface area contributed by atoms with Crippen molar-refractivity contribution in [2.45, 2.75) is 41.5 Å². The minimum atomic E-state index is -3.46. The monoisotopic (exact) mass is 478 g/mol. The largest absolute Gasteiger partial charge is 0.341 e. The molecule has 0 radical (unpaired) electrons. The lowest BCUT2D eigenvalue weighted by Crippen LogP contribution is -2.46. The number of carbonyl (C=O) groups excluding carboxylic acids is 1. The van der Waals surface area contributed by atoms with Crippen LogP contribution in [0.3, 0.4) is 0 Å². The van der Waals surface area contributed by atoms with Crippen molar-refractivity contribution in [2.24, 2.45) is 5.92 Å².